The topological polar surface area (TPSA) is 35.5 Å². The molecule has 1 unspecified atom stereocenters. The standard InChI is InChI=1S/C17H28N2O/c1-3-11-18-17(2,14-20)10-13-19-12-6-8-15-7-4-5-9-16(15)19/h4-5,7,9,18,20H,3,6,8,10-14H2,1-2H3. The minimum atomic E-state index is -0.164. The van der Waals surface area contributed by atoms with Crippen molar-refractivity contribution in [3.8, 4) is 0 Å². The number of anilines is 1. The lowest BCUT2D eigenvalue weighted by Gasteiger charge is -2.36. The summed E-state index contributed by atoms with van der Waals surface area (Å²) in [7, 11) is 0. The molecular formula is C17H28N2O. The number of aliphatic hydroxyl groups is 1. The summed E-state index contributed by atoms with van der Waals surface area (Å²) in [6.45, 7) is 7.58. The normalized spacial score (nSPS) is 17.6. The molecular weight excluding hydrogens is 248 g/mol. The SMILES string of the molecule is CCCNC(C)(CO)CCN1CCCc2ccccc21. The van der Waals surface area contributed by atoms with Crippen LogP contribution in [0, 0.1) is 0 Å². The van der Waals surface area contributed by atoms with Crippen molar-refractivity contribution in [1.82, 2.24) is 5.32 Å². The second-order valence-corrected chi connectivity index (χ2v) is 6.11. The summed E-state index contributed by atoms with van der Waals surface area (Å²) in [5, 5.41) is 13.1. The molecule has 2 rings (SSSR count). The minimum Gasteiger partial charge on any atom is -0.394 e. The molecule has 3 heteroatoms. The predicted molar refractivity (Wildman–Crippen MR) is 85.4 cm³/mol. The number of para-hydroxylation sites is 1. The maximum atomic E-state index is 9.66. The first-order chi connectivity index (χ1) is 9.68. The van der Waals surface area contributed by atoms with Crippen molar-refractivity contribution in [1.29, 1.82) is 0 Å². The number of nitrogens with zero attached hydrogens (tertiary/aromatic N) is 1. The summed E-state index contributed by atoms with van der Waals surface area (Å²) in [6, 6.07) is 8.72. The van der Waals surface area contributed by atoms with Crippen LogP contribution in [0.3, 0.4) is 0 Å². The van der Waals surface area contributed by atoms with Gasteiger partial charge in [-0.25, -0.2) is 0 Å². The largest absolute Gasteiger partial charge is 0.394 e. The van der Waals surface area contributed by atoms with Crippen LogP contribution >= 0.6 is 0 Å². The molecule has 0 bridgehead atoms. The average molecular weight is 276 g/mol. The van der Waals surface area contributed by atoms with Crippen LogP contribution < -0.4 is 10.2 Å². The number of hydrogen-bond acceptors (Lipinski definition) is 3. The summed E-state index contributed by atoms with van der Waals surface area (Å²) in [6.07, 6.45) is 4.49. The van der Waals surface area contributed by atoms with E-state index in [1.54, 1.807) is 0 Å². The Morgan fingerprint density at radius 1 is 1.35 bits per heavy atom. The molecule has 0 saturated carbocycles. The van der Waals surface area contributed by atoms with Crippen molar-refractivity contribution in [3.63, 3.8) is 0 Å². The van der Waals surface area contributed by atoms with E-state index >= 15 is 0 Å². The van der Waals surface area contributed by atoms with Crippen LogP contribution in [-0.2, 0) is 6.42 Å². The Morgan fingerprint density at radius 3 is 2.90 bits per heavy atom. The Balaban J connectivity index is 1.97. The van der Waals surface area contributed by atoms with Gasteiger partial charge in [0.25, 0.3) is 0 Å². The molecule has 2 N–H and O–H groups in total. The predicted octanol–water partition coefficient (Wildman–Crippen LogP) is 2.58. The molecule has 112 valence electrons. The molecule has 1 heterocycles. The Morgan fingerprint density at radius 2 is 2.15 bits per heavy atom. The Hall–Kier alpha value is -1.06. The Kier molecular flexibility index (Phi) is 5.44. The quantitative estimate of drug-likeness (QED) is 0.803. The van der Waals surface area contributed by atoms with Crippen molar-refractivity contribution in [2.24, 2.45) is 0 Å². The number of fused-ring (bicyclic) bond motifs is 1. The van der Waals surface area contributed by atoms with Gasteiger partial charge in [0, 0.05) is 24.3 Å². The highest BCUT2D eigenvalue weighted by Crippen LogP contribution is 2.27. The van der Waals surface area contributed by atoms with Gasteiger partial charge in [-0.3, -0.25) is 0 Å². The fourth-order valence-electron chi connectivity index (χ4n) is 2.88. The van der Waals surface area contributed by atoms with E-state index in [4.69, 9.17) is 0 Å². The van der Waals surface area contributed by atoms with Crippen molar-refractivity contribution in [3.05, 3.63) is 29.8 Å². The van der Waals surface area contributed by atoms with Gasteiger partial charge in [-0.05, 0) is 50.8 Å². The first-order valence-corrected chi connectivity index (χ1v) is 7.87. The lowest BCUT2D eigenvalue weighted by Crippen LogP contribution is -2.48. The van der Waals surface area contributed by atoms with Crippen molar-refractivity contribution in [2.75, 3.05) is 31.1 Å². The lowest BCUT2D eigenvalue weighted by molar-refractivity contribution is 0.167. The van der Waals surface area contributed by atoms with Crippen molar-refractivity contribution in [2.45, 2.75) is 45.1 Å². The van der Waals surface area contributed by atoms with Gasteiger partial charge in [0.05, 0.1) is 6.61 Å². The molecule has 1 aromatic rings. The van der Waals surface area contributed by atoms with Crippen molar-refractivity contribution >= 4 is 5.69 Å². The van der Waals surface area contributed by atoms with Crippen LogP contribution in [0.4, 0.5) is 5.69 Å². The van der Waals surface area contributed by atoms with E-state index in [1.807, 2.05) is 0 Å². The van der Waals surface area contributed by atoms with Gasteiger partial charge in [-0.15, -0.1) is 0 Å². The summed E-state index contributed by atoms with van der Waals surface area (Å²) in [5.41, 5.74) is 2.68. The number of nitrogens with one attached hydrogen (secondary N) is 1. The van der Waals surface area contributed by atoms with Gasteiger partial charge in [0.2, 0.25) is 0 Å². The smallest absolute Gasteiger partial charge is 0.0611 e. The first-order valence-electron chi connectivity index (χ1n) is 7.87. The zero-order valence-corrected chi connectivity index (χ0v) is 12.9. The maximum absolute atomic E-state index is 9.66. The van der Waals surface area contributed by atoms with Crippen LogP contribution in [0.2, 0.25) is 0 Å². The Labute approximate surface area is 123 Å². The lowest BCUT2D eigenvalue weighted by atomic mass is 9.96. The van der Waals surface area contributed by atoms with E-state index in [0.717, 1.165) is 32.5 Å². The molecule has 1 aromatic carbocycles. The second kappa shape index (κ2) is 7.09. The van der Waals surface area contributed by atoms with Crippen LogP contribution in [-0.4, -0.2) is 36.9 Å². The number of aryl methyl sites for hydroxylation is 1. The zero-order chi connectivity index (χ0) is 14.4. The van der Waals surface area contributed by atoms with E-state index < -0.39 is 0 Å². The van der Waals surface area contributed by atoms with Crippen LogP contribution in [0.1, 0.15) is 38.7 Å². The molecule has 20 heavy (non-hydrogen) atoms. The third-order valence-electron chi connectivity index (χ3n) is 4.29. The van der Waals surface area contributed by atoms with E-state index in [2.05, 4.69) is 48.3 Å². The highest BCUT2D eigenvalue weighted by atomic mass is 16.3. The first kappa shape index (κ1) is 15.3. The number of rotatable bonds is 7. The molecule has 0 saturated heterocycles. The zero-order valence-electron chi connectivity index (χ0n) is 12.9. The maximum Gasteiger partial charge on any atom is 0.0611 e. The van der Waals surface area contributed by atoms with Gasteiger partial charge in [0.15, 0.2) is 0 Å². The van der Waals surface area contributed by atoms with E-state index in [9.17, 15) is 5.11 Å². The van der Waals surface area contributed by atoms with E-state index in [-0.39, 0.29) is 12.1 Å². The van der Waals surface area contributed by atoms with Crippen LogP contribution in [0.5, 0.6) is 0 Å². The monoisotopic (exact) mass is 276 g/mol. The van der Waals surface area contributed by atoms with Gasteiger partial charge in [0.1, 0.15) is 0 Å². The van der Waals surface area contributed by atoms with Gasteiger partial charge < -0.3 is 15.3 Å². The fraction of sp³-hybridized carbons (Fsp3) is 0.647. The van der Waals surface area contributed by atoms with E-state index in [0.29, 0.717) is 0 Å². The molecule has 0 aromatic heterocycles. The third-order valence-corrected chi connectivity index (χ3v) is 4.29. The summed E-state index contributed by atoms with van der Waals surface area (Å²) >= 11 is 0. The van der Waals surface area contributed by atoms with Crippen LogP contribution in [0.25, 0.3) is 0 Å². The molecule has 0 spiro atoms. The summed E-state index contributed by atoms with van der Waals surface area (Å²) in [5.74, 6) is 0. The molecule has 3 nitrogen and oxygen atoms in total. The Bertz CT molecular complexity index is 421. The summed E-state index contributed by atoms with van der Waals surface area (Å²) < 4.78 is 0. The number of benzene rings is 1. The van der Waals surface area contributed by atoms with E-state index in [1.165, 1.54) is 24.1 Å². The molecule has 1 aliphatic heterocycles. The third kappa shape index (κ3) is 3.74. The van der Waals surface area contributed by atoms with Gasteiger partial charge in [-0.1, -0.05) is 25.1 Å². The second-order valence-electron chi connectivity index (χ2n) is 6.11. The van der Waals surface area contributed by atoms with Gasteiger partial charge >= 0.3 is 0 Å². The molecule has 1 atom stereocenters. The highest BCUT2D eigenvalue weighted by Gasteiger charge is 2.24. The van der Waals surface area contributed by atoms with Gasteiger partial charge in [-0.2, -0.15) is 0 Å². The minimum absolute atomic E-state index is 0.164. The number of aliphatic hydroxyl groups excluding tert-OH is 1. The summed E-state index contributed by atoms with van der Waals surface area (Å²) in [4.78, 5) is 2.47. The molecule has 0 fully saturated rings. The van der Waals surface area contributed by atoms with Crippen LogP contribution in [0.15, 0.2) is 24.3 Å². The number of hydrogen-bond donors (Lipinski definition) is 2. The molecule has 0 amide bonds. The molecule has 0 radical (unpaired) electrons. The van der Waals surface area contributed by atoms with Crippen molar-refractivity contribution < 1.29 is 5.11 Å². The highest BCUT2D eigenvalue weighted by molar-refractivity contribution is 5.55. The molecule has 0 aliphatic carbocycles. The molecule has 1 aliphatic rings. The average Bonchev–Trinajstić information content (AvgIpc) is 2.51. The fourth-order valence-corrected chi connectivity index (χ4v) is 2.88.